The van der Waals surface area contributed by atoms with Crippen molar-refractivity contribution < 1.29 is 14.3 Å². The van der Waals surface area contributed by atoms with Crippen molar-refractivity contribution in [1.29, 1.82) is 0 Å². The number of methoxy groups -OCH3 is 1. The molecular formula is C22H28N2O3. The van der Waals surface area contributed by atoms with Gasteiger partial charge in [-0.15, -0.1) is 0 Å². The lowest BCUT2D eigenvalue weighted by atomic mass is 9.96. The second-order valence-corrected chi connectivity index (χ2v) is 6.88. The number of rotatable bonds is 8. The molecule has 2 aromatic rings. The van der Waals surface area contributed by atoms with Gasteiger partial charge in [-0.2, -0.15) is 0 Å². The Morgan fingerprint density at radius 3 is 2.30 bits per heavy atom. The quantitative estimate of drug-likeness (QED) is 0.748. The highest BCUT2D eigenvalue weighted by molar-refractivity contribution is 5.95. The fraction of sp³-hybridized carbons (Fsp3) is 0.364. The first-order valence-corrected chi connectivity index (χ1v) is 9.19. The summed E-state index contributed by atoms with van der Waals surface area (Å²) in [6, 6.07) is 15.0. The lowest BCUT2D eigenvalue weighted by molar-refractivity contribution is -0.122. The molecule has 2 N–H and O–H groups in total. The van der Waals surface area contributed by atoms with E-state index in [0.29, 0.717) is 12.1 Å². The van der Waals surface area contributed by atoms with Crippen molar-refractivity contribution in [3.05, 3.63) is 65.2 Å². The summed E-state index contributed by atoms with van der Waals surface area (Å²) in [5.74, 6) is 0.779. The zero-order chi connectivity index (χ0) is 19.8. The van der Waals surface area contributed by atoms with E-state index in [1.54, 1.807) is 13.2 Å². The van der Waals surface area contributed by atoms with Gasteiger partial charge in [-0.3, -0.25) is 9.59 Å². The maximum atomic E-state index is 12.4. The summed E-state index contributed by atoms with van der Waals surface area (Å²) in [4.78, 5) is 24.6. The normalized spacial score (nSPS) is 11.7. The molecule has 27 heavy (non-hydrogen) atoms. The smallest absolute Gasteiger partial charge is 0.251 e. The van der Waals surface area contributed by atoms with Gasteiger partial charge in [0.1, 0.15) is 5.75 Å². The molecule has 0 aliphatic rings. The highest BCUT2D eigenvalue weighted by Crippen LogP contribution is 2.24. The first kappa shape index (κ1) is 20.5. The summed E-state index contributed by atoms with van der Waals surface area (Å²) in [6.07, 6.45) is 0.233. The van der Waals surface area contributed by atoms with Crippen molar-refractivity contribution in [2.24, 2.45) is 5.92 Å². The van der Waals surface area contributed by atoms with Crippen LogP contribution in [0.2, 0.25) is 0 Å². The molecule has 0 fully saturated rings. The summed E-state index contributed by atoms with van der Waals surface area (Å²) < 4.78 is 5.18. The van der Waals surface area contributed by atoms with Gasteiger partial charge in [-0.1, -0.05) is 44.2 Å². The minimum atomic E-state index is -0.156. The fourth-order valence-electron chi connectivity index (χ4n) is 2.90. The molecule has 1 atom stereocenters. The number of hydrogen-bond acceptors (Lipinski definition) is 3. The van der Waals surface area contributed by atoms with Gasteiger partial charge in [0.2, 0.25) is 5.91 Å². The summed E-state index contributed by atoms with van der Waals surface area (Å²) in [6.45, 7) is 6.32. The highest BCUT2D eigenvalue weighted by atomic mass is 16.5. The molecule has 0 aromatic heterocycles. The molecule has 5 heteroatoms. The predicted octanol–water partition coefficient (Wildman–Crippen LogP) is 3.64. The Balaban J connectivity index is 1.88. The van der Waals surface area contributed by atoms with Crippen LogP contribution in [0.1, 0.15) is 47.8 Å². The number of carbonyl (C=O) groups excluding carboxylic acids is 2. The number of ether oxygens (including phenoxy) is 1. The lowest BCUT2D eigenvalue weighted by Crippen LogP contribution is -2.35. The van der Waals surface area contributed by atoms with Crippen LogP contribution in [-0.4, -0.2) is 25.5 Å². The third-order valence-electron chi connectivity index (χ3n) is 4.49. The van der Waals surface area contributed by atoms with Gasteiger partial charge in [0.05, 0.1) is 13.2 Å². The number of aryl methyl sites for hydroxylation is 1. The van der Waals surface area contributed by atoms with Gasteiger partial charge in [0.25, 0.3) is 5.91 Å². The fourth-order valence-corrected chi connectivity index (χ4v) is 2.90. The van der Waals surface area contributed by atoms with Gasteiger partial charge in [0.15, 0.2) is 0 Å². The molecular weight excluding hydrogens is 340 g/mol. The molecule has 0 spiro atoms. The van der Waals surface area contributed by atoms with Crippen LogP contribution in [0.3, 0.4) is 0 Å². The zero-order valence-corrected chi connectivity index (χ0v) is 16.4. The van der Waals surface area contributed by atoms with E-state index in [-0.39, 0.29) is 30.2 Å². The third kappa shape index (κ3) is 5.84. The topological polar surface area (TPSA) is 67.4 Å². The molecule has 2 aromatic carbocycles. The SMILES string of the molecule is COc1ccc(C(NC(=O)CCNC(=O)c2ccccc2C)C(C)C)cc1. The Kier molecular flexibility index (Phi) is 7.41. The predicted molar refractivity (Wildman–Crippen MR) is 107 cm³/mol. The standard InChI is InChI=1S/C22H28N2O3/c1-15(2)21(17-9-11-18(27-4)12-10-17)24-20(25)13-14-23-22(26)19-8-6-5-7-16(19)3/h5-12,15,21H,13-14H2,1-4H3,(H,23,26)(H,24,25). The van der Waals surface area contributed by atoms with Gasteiger partial charge >= 0.3 is 0 Å². The summed E-state index contributed by atoms with van der Waals surface area (Å²) in [5.41, 5.74) is 2.58. The Morgan fingerprint density at radius 2 is 1.70 bits per heavy atom. The van der Waals surface area contributed by atoms with Gasteiger partial charge < -0.3 is 15.4 Å². The average Bonchev–Trinajstić information content (AvgIpc) is 2.66. The number of hydrogen-bond donors (Lipinski definition) is 2. The molecule has 5 nitrogen and oxygen atoms in total. The molecule has 0 bridgehead atoms. The van der Waals surface area contributed by atoms with Crippen molar-refractivity contribution in [3.8, 4) is 5.75 Å². The van der Waals surface area contributed by atoms with Crippen molar-refractivity contribution in [1.82, 2.24) is 10.6 Å². The number of carbonyl (C=O) groups is 2. The Morgan fingerprint density at radius 1 is 1.04 bits per heavy atom. The van der Waals surface area contributed by atoms with E-state index in [2.05, 4.69) is 24.5 Å². The second-order valence-electron chi connectivity index (χ2n) is 6.88. The van der Waals surface area contributed by atoms with Gasteiger partial charge in [-0.05, 0) is 42.2 Å². The Labute approximate surface area is 161 Å². The number of nitrogens with one attached hydrogen (secondary N) is 2. The molecule has 2 rings (SSSR count). The van der Waals surface area contributed by atoms with Crippen LogP contribution in [-0.2, 0) is 4.79 Å². The maximum Gasteiger partial charge on any atom is 0.251 e. The van der Waals surface area contributed by atoms with E-state index in [9.17, 15) is 9.59 Å². The monoisotopic (exact) mass is 368 g/mol. The van der Waals surface area contributed by atoms with Crippen LogP contribution in [0.4, 0.5) is 0 Å². The molecule has 144 valence electrons. The summed E-state index contributed by atoms with van der Waals surface area (Å²) in [5, 5.41) is 5.88. The summed E-state index contributed by atoms with van der Waals surface area (Å²) in [7, 11) is 1.63. The number of amides is 2. The van der Waals surface area contributed by atoms with E-state index in [0.717, 1.165) is 16.9 Å². The van der Waals surface area contributed by atoms with Crippen molar-refractivity contribution in [2.75, 3.05) is 13.7 Å². The highest BCUT2D eigenvalue weighted by Gasteiger charge is 2.18. The number of benzene rings is 2. The Bertz CT molecular complexity index is 769. The Hall–Kier alpha value is -2.82. The minimum Gasteiger partial charge on any atom is -0.497 e. The molecule has 0 aliphatic heterocycles. The molecule has 0 saturated carbocycles. The van der Waals surface area contributed by atoms with Crippen LogP contribution >= 0.6 is 0 Å². The minimum absolute atomic E-state index is 0.0875. The average molecular weight is 368 g/mol. The van der Waals surface area contributed by atoms with Crippen LogP contribution < -0.4 is 15.4 Å². The van der Waals surface area contributed by atoms with Crippen molar-refractivity contribution in [2.45, 2.75) is 33.2 Å². The molecule has 2 amide bonds. The molecule has 0 radical (unpaired) electrons. The largest absolute Gasteiger partial charge is 0.497 e. The van der Waals surface area contributed by atoms with E-state index in [1.165, 1.54) is 0 Å². The maximum absolute atomic E-state index is 12.4. The van der Waals surface area contributed by atoms with Crippen molar-refractivity contribution >= 4 is 11.8 Å². The van der Waals surface area contributed by atoms with Crippen LogP contribution in [0.15, 0.2) is 48.5 Å². The van der Waals surface area contributed by atoms with Crippen LogP contribution in [0.25, 0.3) is 0 Å². The van der Waals surface area contributed by atoms with E-state index < -0.39 is 0 Å². The van der Waals surface area contributed by atoms with Crippen LogP contribution in [0.5, 0.6) is 5.75 Å². The van der Waals surface area contributed by atoms with E-state index >= 15 is 0 Å². The van der Waals surface area contributed by atoms with E-state index in [4.69, 9.17) is 4.74 Å². The molecule has 0 aliphatic carbocycles. The summed E-state index contributed by atoms with van der Waals surface area (Å²) >= 11 is 0. The zero-order valence-electron chi connectivity index (χ0n) is 16.4. The van der Waals surface area contributed by atoms with Gasteiger partial charge in [0, 0.05) is 18.5 Å². The van der Waals surface area contributed by atoms with E-state index in [1.807, 2.05) is 49.4 Å². The lowest BCUT2D eigenvalue weighted by Gasteiger charge is -2.23. The van der Waals surface area contributed by atoms with Gasteiger partial charge in [-0.25, -0.2) is 0 Å². The van der Waals surface area contributed by atoms with Crippen LogP contribution in [0, 0.1) is 12.8 Å². The molecule has 1 unspecified atom stereocenters. The first-order chi connectivity index (χ1) is 12.9. The molecule has 0 saturated heterocycles. The molecule has 0 heterocycles. The first-order valence-electron chi connectivity index (χ1n) is 9.19. The third-order valence-corrected chi connectivity index (χ3v) is 4.49. The second kappa shape index (κ2) is 9.76. The van der Waals surface area contributed by atoms with Crippen molar-refractivity contribution in [3.63, 3.8) is 0 Å².